The van der Waals surface area contributed by atoms with Crippen molar-refractivity contribution in [2.45, 2.75) is 32.2 Å². The van der Waals surface area contributed by atoms with E-state index in [1.54, 1.807) is 0 Å². The van der Waals surface area contributed by atoms with E-state index in [2.05, 4.69) is 20.7 Å². The van der Waals surface area contributed by atoms with E-state index in [0.717, 1.165) is 0 Å². The van der Waals surface area contributed by atoms with Crippen molar-refractivity contribution < 1.29 is 4.79 Å². The third-order valence-electron chi connectivity index (χ3n) is 3.56. The van der Waals surface area contributed by atoms with Crippen LogP contribution in [-0.2, 0) is 11.3 Å². The smallest absolute Gasteiger partial charge is 0.223 e. The fraction of sp³-hybridized carbons (Fsp3) is 0.818. The van der Waals surface area contributed by atoms with Crippen LogP contribution in [-0.4, -0.2) is 32.7 Å². The van der Waals surface area contributed by atoms with Crippen molar-refractivity contribution >= 4 is 5.91 Å². The molecule has 0 atom stereocenters. The minimum atomic E-state index is 0.232. The second-order valence-corrected chi connectivity index (χ2v) is 5.02. The molecule has 1 heterocycles. The Labute approximate surface area is 99.8 Å². The Morgan fingerprint density at radius 3 is 2.59 bits per heavy atom. The van der Waals surface area contributed by atoms with Gasteiger partial charge in [-0.15, -0.1) is 10.2 Å². The predicted molar refractivity (Wildman–Crippen MR) is 59.8 cm³/mol. The van der Waals surface area contributed by atoms with Crippen LogP contribution in [0.3, 0.4) is 0 Å². The fourth-order valence-electron chi connectivity index (χ4n) is 2.41. The van der Waals surface area contributed by atoms with Gasteiger partial charge in [0.15, 0.2) is 6.33 Å². The Kier molecular flexibility index (Phi) is 2.78. The fourth-order valence-corrected chi connectivity index (χ4v) is 2.41. The Hall–Kier alpha value is -1.46. The first-order chi connectivity index (χ1) is 8.34. The molecule has 6 heteroatoms. The van der Waals surface area contributed by atoms with Crippen molar-refractivity contribution in [1.29, 1.82) is 0 Å². The van der Waals surface area contributed by atoms with Crippen LogP contribution < -0.4 is 5.32 Å². The first-order valence-corrected chi connectivity index (χ1v) is 6.33. The highest BCUT2D eigenvalue weighted by molar-refractivity contribution is 5.79. The van der Waals surface area contributed by atoms with Crippen LogP contribution in [0, 0.1) is 17.8 Å². The van der Waals surface area contributed by atoms with E-state index in [-0.39, 0.29) is 11.8 Å². The van der Waals surface area contributed by atoms with Gasteiger partial charge in [0.25, 0.3) is 0 Å². The number of carbonyl (C=O) groups is 1. The molecule has 0 aromatic carbocycles. The van der Waals surface area contributed by atoms with Crippen molar-refractivity contribution in [2.24, 2.45) is 17.8 Å². The van der Waals surface area contributed by atoms with Crippen LogP contribution >= 0.6 is 0 Å². The third-order valence-corrected chi connectivity index (χ3v) is 3.56. The quantitative estimate of drug-likeness (QED) is 0.766. The Morgan fingerprint density at radius 2 is 2.06 bits per heavy atom. The van der Waals surface area contributed by atoms with Crippen LogP contribution in [0.2, 0.25) is 0 Å². The van der Waals surface area contributed by atoms with Crippen molar-refractivity contribution in [3.63, 3.8) is 0 Å². The minimum absolute atomic E-state index is 0.232. The van der Waals surface area contributed by atoms with Gasteiger partial charge < -0.3 is 5.32 Å². The molecule has 0 aliphatic heterocycles. The van der Waals surface area contributed by atoms with E-state index in [4.69, 9.17) is 0 Å². The number of amides is 1. The second kappa shape index (κ2) is 4.43. The molecule has 0 saturated heterocycles. The highest BCUT2D eigenvalue weighted by Crippen LogP contribution is 2.49. The maximum Gasteiger partial charge on any atom is 0.223 e. The van der Waals surface area contributed by atoms with Gasteiger partial charge in [0.2, 0.25) is 5.91 Å². The topological polar surface area (TPSA) is 72.7 Å². The van der Waals surface area contributed by atoms with Gasteiger partial charge in [-0.2, -0.15) is 4.80 Å². The summed E-state index contributed by atoms with van der Waals surface area (Å²) in [5, 5.41) is 14.3. The highest BCUT2D eigenvalue weighted by atomic mass is 16.1. The summed E-state index contributed by atoms with van der Waals surface area (Å²) in [6, 6.07) is 0. The lowest BCUT2D eigenvalue weighted by Crippen LogP contribution is -2.35. The van der Waals surface area contributed by atoms with E-state index < -0.39 is 0 Å². The summed E-state index contributed by atoms with van der Waals surface area (Å²) in [7, 11) is 0. The average molecular weight is 235 g/mol. The van der Waals surface area contributed by atoms with Crippen molar-refractivity contribution in [3.05, 3.63) is 6.33 Å². The summed E-state index contributed by atoms with van der Waals surface area (Å²) in [6.07, 6.45) is 6.34. The monoisotopic (exact) mass is 235 g/mol. The van der Waals surface area contributed by atoms with Crippen LogP contribution in [0.4, 0.5) is 0 Å². The molecule has 0 spiro atoms. The zero-order valence-corrected chi connectivity index (χ0v) is 9.75. The first-order valence-electron chi connectivity index (χ1n) is 6.33. The molecule has 2 fully saturated rings. The Morgan fingerprint density at radius 1 is 1.35 bits per heavy atom. The van der Waals surface area contributed by atoms with Crippen molar-refractivity contribution in [3.8, 4) is 0 Å². The maximum atomic E-state index is 12.1. The number of aromatic nitrogens is 4. The normalized spacial score (nSPS) is 19.6. The van der Waals surface area contributed by atoms with Gasteiger partial charge in [0.1, 0.15) is 0 Å². The van der Waals surface area contributed by atoms with Crippen LogP contribution in [0.1, 0.15) is 25.7 Å². The van der Waals surface area contributed by atoms with E-state index in [9.17, 15) is 4.79 Å². The van der Waals surface area contributed by atoms with Gasteiger partial charge in [0, 0.05) is 12.5 Å². The second-order valence-electron chi connectivity index (χ2n) is 5.02. The lowest BCUT2D eigenvalue weighted by atomic mass is 9.97. The number of nitrogens with one attached hydrogen (secondary N) is 1. The zero-order chi connectivity index (χ0) is 11.7. The number of carbonyl (C=O) groups excluding carboxylic acids is 1. The lowest BCUT2D eigenvalue weighted by Gasteiger charge is -2.14. The SMILES string of the molecule is O=C(NCCn1ncnn1)C(C1CC1)C1CC1. The molecule has 1 N–H and O–H groups in total. The number of hydrogen-bond donors (Lipinski definition) is 1. The van der Waals surface area contributed by atoms with Crippen LogP contribution in [0.25, 0.3) is 0 Å². The van der Waals surface area contributed by atoms with Gasteiger partial charge in [-0.3, -0.25) is 4.79 Å². The molecular formula is C11H17N5O. The van der Waals surface area contributed by atoms with Crippen molar-refractivity contribution in [2.75, 3.05) is 6.54 Å². The molecular weight excluding hydrogens is 218 g/mol. The molecule has 0 unspecified atom stereocenters. The van der Waals surface area contributed by atoms with Crippen molar-refractivity contribution in [1.82, 2.24) is 25.5 Å². The molecule has 1 aromatic heterocycles. The van der Waals surface area contributed by atoms with Crippen LogP contribution in [0.5, 0.6) is 0 Å². The van der Waals surface area contributed by atoms with Crippen LogP contribution in [0.15, 0.2) is 6.33 Å². The molecule has 3 rings (SSSR count). The Balaban J connectivity index is 1.45. The maximum absolute atomic E-state index is 12.1. The minimum Gasteiger partial charge on any atom is -0.354 e. The summed E-state index contributed by atoms with van der Waals surface area (Å²) >= 11 is 0. The van der Waals surface area contributed by atoms with Gasteiger partial charge in [0.05, 0.1) is 6.54 Å². The summed E-state index contributed by atoms with van der Waals surface area (Å²) in [5.41, 5.74) is 0. The molecule has 17 heavy (non-hydrogen) atoms. The van der Waals surface area contributed by atoms with Gasteiger partial charge in [-0.25, -0.2) is 0 Å². The van der Waals surface area contributed by atoms with Gasteiger partial charge in [-0.1, -0.05) is 0 Å². The van der Waals surface area contributed by atoms with E-state index in [1.807, 2.05) is 0 Å². The van der Waals surface area contributed by atoms with E-state index >= 15 is 0 Å². The van der Waals surface area contributed by atoms with E-state index in [0.29, 0.717) is 24.9 Å². The summed E-state index contributed by atoms with van der Waals surface area (Å²) < 4.78 is 0. The summed E-state index contributed by atoms with van der Waals surface area (Å²) in [6.45, 7) is 1.18. The number of rotatable bonds is 6. The zero-order valence-electron chi connectivity index (χ0n) is 9.75. The molecule has 2 aliphatic rings. The standard InChI is InChI=1S/C11H17N5O/c17-11(10(8-1-2-8)9-3-4-9)12-5-6-16-14-7-13-15-16/h7-10H,1-6H2,(H,12,17). The molecule has 6 nitrogen and oxygen atoms in total. The number of nitrogens with zero attached hydrogens (tertiary/aromatic N) is 4. The lowest BCUT2D eigenvalue weighted by molar-refractivity contribution is -0.126. The molecule has 0 radical (unpaired) electrons. The molecule has 0 bridgehead atoms. The third kappa shape index (κ3) is 2.62. The number of hydrogen-bond acceptors (Lipinski definition) is 4. The summed E-state index contributed by atoms with van der Waals surface area (Å²) in [4.78, 5) is 13.5. The largest absolute Gasteiger partial charge is 0.354 e. The predicted octanol–water partition coefficient (Wildman–Crippen LogP) is 0.225. The summed E-state index contributed by atoms with van der Waals surface area (Å²) in [5.74, 6) is 1.83. The van der Waals surface area contributed by atoms with Gasteiger partial charge in [-0.05, 0) is 42.7 Å². The molecule has 2 saturated carbocycles. The average Bonchev–Trinajstić information content (AvgIpc) is 3.24. The number of tetrazole rings is 1. The molecule has 1 amide bonds. The molecule has 92 valence electrons. The van der Waals surface area contributed by atoms with E-state index in [1.165, 1.54) is 36.8 Å². The highest BCUT2D eigenvalue weighted by Gasteiger charge is 2.45. The molecule has 2 aliphatic carbocycles. The molecule has 1 aromatic rings. The first kappa shape index (κ1) is 10.7. The Bertz CT molecular complexity index is 371. The van der Waals surface area contributed by atoms with Gasteiger partial charge >= 0.3 is 0 Å².